The standard InChI is InChI=1S/C20H26FN3O3S/c1-20(2,3)11-17(25)22-9-6-10-23-19(26)15-13-28-18(24-15)12-27-16-8-5-4-7-14(16)21/h4-5,7-8,13H,6,9-12H2,1-3H3,(H,22,25)(H,23,26). The summed E-state index contributed by atoms with van der Waals surface area (Å²) in [5.41, 5.74) is 0.255. The van der Waals surface area contributed by atoms with Gasteiger partial charge in [0.25, 0.3) is 5.91 Å². The molecule has 1 aromatic carbocycles. The van der Waals surface area contributed by atoms with Crippen molar-refractivity contribution < 1.29 is 18.7 Å². The van der Waals surface area contributed by atoms with Crippen LogP contribution in [-0.4, -0.2) is 29.9 Å². The van der Waals surface area contributed by atoms with Gasteiger partial charge in [0.05, 0.1) is 0 Å². The maximum absolute atomic E-state index is 13.5. The Bertz CT molecular complexity index is 802. The number of amides is 2. The van der Waals surface area contributed by atoms with E-state index in [4.69, 9.17) is 4.74 Å². The van der Waals surface area contributed by atoms with Crippen LogP contribution < -0.4 is 15.4 Å². The molecule has 0 aliphatic rings. The van der Waals surface area contributed by atoms with Crippen molar-refractivity contribution in [3.8, 4) is 5.75 Å². The molecule has 0 aliphatic carbocycles. The zero-order chi connectivity index (χ0) is 20.6. The van der Waals surface area contributed by atoms with Crippen LogP contribution in [0.4, 0.5) is 4.39 Å². The van der Waals surface area contributed by atoms with Crippen molar-refractivity contribution in [2.24, 2.45) is 5.41 Å². The summed E-state index contributed by atoms with van der Waals surface area (Å²) < 4.78 is 18.9. The van der Waals surface area contributed by atoms with Crippen LogP contribution in [0.15, 0.2) is 29.6 Å². The summed E-state index contributed by atoms with van der Waals surface area (Å²) in [7, 11) is 0. The lowest BCUT2D eigenvalue weighted by Gasteiger charge is -2.17. The zero-order valence-corrected chi connectivity index (χ0v) is 17.2. The Balaban J connectivity index is 1.68. The molecule has 0 bridgehead atoms. The van der Waals surface area contributed by atoms with Gasteiger partial charge in [0, 0.05) is 24.9 Å². The molecule has 0 fully saturated rings. The summed E-state index contributed by atoms with van der Waals surface area (Å²) in [6.07, 6.45) is 1.10. The Labute approximate surface area is 168 Å². The van der Waals surface area contributed by atoms with Crippen molar-refractivity contribution in [3.05, 3.63) is 46.2 Å². The summed E-state index contributed by atoms with van der Waals surface area (Å²) >= 11 is 1.28. The zero-order valence-electron chi connectivity index (χ0n) is 16.4. The van der Waals surface area contributed by atoms with Crippen LogP contribution in [-0.2, 0) is 11.4 Å². The summed E-state index contributed by atoms with van der Waals surface area (Å²) in [5.74, 6) is -0.559. The van der Waals surface area contributed by atoms with Crippen molar-refractivity contribution in [2.45, 2.75) is 40.2 Å². The molecule has 28 heavy (non-hydrogen) atoms. The molecule has 2 aromatic rings. The van der Waals surface area contributed by atoms with Crippen LogP contribution in [0.3, 0.4) is 0 Å². The number of carbonyl (C=O) groups is 2. The van der Waals surface area contributed by atoms with Crippen LogP contribution >= 0.6 is 11.3 Å². The second-order valence-corrected chi connectivity index (χ2v) is 8.49. The second-order valence-electron chi connectivity index (χ2n) is 7.54. The Morgan fingerprint density at radius 1 is 1.18 bits per heavy atom. The molecule has 8 heteroatoms. The number of hydrogen-bond acceptors (Lipinski definition) is 5. The van der Waals surface area contributed by atoms with Gasteiger partial charge in [0.1, 0.15) is 17.3 Å². The molecule has 1 aromatic heterocycles. The van der Waals surface area contributed by atoms with Crippen LogP contribution in [0, 0.1) is 11.2 Å². The number of benzene rings is 1. The fourth-order valence-corrected chi connectivity index (χ4v) is 3.02. The number of rotatable bonds is 9. The van der Waals surface area contributed by atoms with Crippen LogP contribution in [0.2, 0.25) is 0 Å². The maximum atomic E-state index is 13.5. The monoisotopic (exact) mass is 407 g/mol. The first-order valence-electron chi connectivity index (χ1n) is 9.11. The quantitative estimate of drug-likeness (QED) is 0.623. The van der Waals surface area contributed by atoms with E-state index in [-0.39, 0.29) is 29.6 Å². The number of nitrogens with one attached hydrogen (secondary N) is 2. The van der Waals surface area contributed by atoms with Gasteiger partial charge in [-0.05, 0) is 24.0 Å². The second kappa shape index (κ2) is 10.2. The van der Waals surface area contributed by atoms with Gasteiger partial charge >= 0.3 is 0 Å². The van der Waals surface area contributed by atoms with E-state index in [0.29, 0.717) is 36.6 Å². The normalized spacial score (nSPS) is 11.1. The lowest BCUT2D eigenvalue weighted by molar-refractivity contribution is -0.122. The van der Waals surface area contributed by atoms with E-state index in [9.17, 15) is 14.0 Å². The lowest BCUT2D eigenvalue weighted by Crippen LogP contribution is -2.31. The fraction of sp³-hybridized carbons (Fsp3) is 0.450. The maximum Gasteiger partial charge on any atom is 0.270 e. The topological polar surface area (TPSA) is 80.3 Å². The fourth-order valence-electron chi connectivity index (χ4n) is 2.34. The highest BCUT2D eigenvalue weighted by molar-refractivity contribution is 7.09. The Kier molecular flexibility index (Phi) is 7.92. The van der Waals surface area contributed by atoms with Gasteiger partial charge in [-0.1, -0.05) is 32.9 Å². The molecule has 2 N–H and O–H groups in total. The third kappa shape index (κ3) is 7.64. The SMILES string of the molecule is CC(C)(C)CC(=O)NCCCNC(=O)c1csc(COc2ccccc2F)n1. The average molecular weight is 408 g/mol. The molecule has 2 amide bonds. The van der Waals surface area contributed by atoms with Crippen LogP contribution in [0.5, 0.6) is 5.75 Å². The number of carbonyl (C=O) groups excluding carboxylic acids is 2. The Morgan fingerprint density at radius 2 is 1.89 bits per heavy atom. The molecular weight excluding hydrogens is 381 g/mol. The molecule has 0 atom stereocenters. The molecule has 0 aliphatic heterocycles. The smallest absolute Gasteiger partial charge is 0.270 e. The lowest BCUT2D eigenvalue weighted by atomic mass is 9.92. The third-order valence-electron chi connectivity index (χ3n) is 3.62. The first-order chi connectivity index (χ1) is 13.2. The van der Waals surface area contributed by atoms with Crippen molar-refractivity contribution in [2.75, 3.05) is 13.1 Å². The van der Waals surface area contributed by atoms with Crippen molar-refractivity contribution in [1.82, 2.24) is 15.6 Å². The molecular formula is C20H26FN3O3S. The predicted molar refractivity (Wildman–Crippen MR) is 107 cm³/mol. The van der Waals surface area contributed by atoms with Gasteiger partial charge < -0.3 is 15.4 Å². The molecule has 152 valence electrons. The van der Waals surface area contributed by atoms with Gasteiger partial charge in [0.15, 0.2) is 11.6 Å². The third-order valence-corrected chi connectivity index (χ3v) is 4.45. The van der Waals surface area contributed by atoms with E-state index in [1.54, 1.807) is 17.5 Å². The van der Waals surface area contributed by atoms with Crippen molar-refractivity contribution in [1.29, 1.82) is 0 Å². The number of ether oxygens (including phenoxy) is 1. The predicted octanol–water partition coefficient (Wildman–Crippen LogP) is 3.53. The van der Waals surface area contributed by atoms with Crippen LogP contribution in [0.25, 0.3) is 0 Å². The number of para-hydroxylation sites is 1. The molecule has 0 saturated heterocycles. The summed E-state index contributed by atoms with van der Waals surface area (Å²) in [4.78, 5) is 28.1. The van der Waals surface area contributed by atoms with Gasteiger partial charge in [-0.25, -0.2) is 9.37 Å². The van der Waals surface area contributed by atoms with Crippen molar-refractivity contribution >= 4 is 23.2 Å². The number of nitrogens with zero attached hydrogens (tertiary/aromatic N) is 1. The summed E-state index contributed by atoms with van der Waals surface area (Å²) in [5, 5.41) is 7.84. The number of hydrogen-bond donors (Lipinski definition) is 2. The molecule has 0 spiro atoms. The van der Waals surface area contributed by atoms with Crippen LogP contribution in [0.1, 0.15) is 49.1 Å². The minimum absolute atomic E-state index is 0.0119. The first kappa shape index (κ1) is 21.8. The van der Waals surface area contributed by atoms with E-state index in [0.717, 1.165) is 0 Å². The molecule has 6 nitrogen and oxygen atoms in total. The highest BCUT2D eigenvalue weighted by atomic mass is 32.1. The first-order valence-corrected chi connectivity index (χ1v) is 9.99. The number of halogens is 1. The number of thiazole rings is 1. The highest BCUT2D eigenvalue weighted by Crippen LogP contribution is 2.19. The largest absolute Gasteiger partial charge is 0.483 e. The highest BCUT2D eigenvalue weighted by Gasteiger charge is 2.15. The minimum Gasteiger partial charge on any atom is -0.483 e. The van der Waals surface area contributed by atoms with Gasteiger partial charge in [-0.3, -0.25) is 9.59 Å². The Hall–Kier alpha value is -2.48. The molecule has 2 rings (SSSR count). The average Bonchev–Trinajstić information content (AvgIpc) is 3.08. The summed E-state index contributed by atoms with van der Waals surface area (Å²) in [6, 6.07) is 6.13. The van der Waals surface area contributed by atoms with E-state index in [1.807, 2.05) is 20.8 Å². The van der Waals surface area contributed by atoms with E-state index >= 15 is 0 Å². The summed E-state index contributed by atoms with van der Waals surface area (Å²) in [6.45, 7) is 7.07. The molecule has 1 heterocycles. The van der Waals surface area contributed by atoms with Gasteiger partial charge in [-0.15, -0.1) is 11.3 Å². The molecule has 0 radical (unpaired) electrons. The van der Waals surface area contributed by atoms with E-state index < -0.39 is 5.82 Å². The van der Waals surface area contributed by atoms with E-state index in [1.165, 1.54) is 23.5 Å². The minimum atomic E-state index is -0.438. The molecule has 0 unspecified atom stereocenters. The molecule has 0 saturated carbocycles. The van der Waals surface area contributed by atoms with Crippen molar-refractivity contribution in [3.63, 3.8) is 0 Å². The van der Waals surface area contributed by atoms with E-state index in [2.05, 4.69) is 15.6 Å². The van der Waals surface area contributed by atoms with Gasteiger partial charge in [0.2, 0.25) is 5.91 Å². The Morgan fingerprint density at radius 3 is 2.61 bits per heavy atom. The number of aromatic nitrogens is 1. The van der Waals surface area contributed by atoms with Gasteiger partial charge in [-0.2, -0.15) is 0 Å².